The highest BCUT2D eigenvalue weighted by atomic mass is 16.1. The molecule has 5 rings (SSSR count). The molecule has 6 nitrogen and oxygen atoms in total. The molecule has 32 heavy (non-hydrogen) atoms. The van der Waals surface area contributed by atoms with Crippen LogP contribution in [-0.4, -0.2) is 38.8 Å². The average Bonchev–Trinajstić information content (AvgIpc) is 3.32. The van der Waals surface area contributed by atoms with Gasteiger partial charge in [0.2, 0.25) is 0 Å². The van der Waals surface area contributed by atoms with Gasteiger partial charge in [-0.3, -0.25) is 19.7 Å². The molecule has 1 aromatic carbocycles. The van der Waals surface area contributed by atoms with Gasteiger partial charge in [0.25, 0.3) is 5.91 Å². The van der Waals surface area contributed by atoms with Gasteiger partial charge in [-0.25, -0.2) is 4.98 Å². The topological polar surface area (TPSA) is 71.0 Å². The van der Waals surface area contributed by atoms with Crippen LogP contribution in [0.3, 0.4) is 0 Å². The quantitative estimate of drug-likeness (QED) is 0.497. The van der Waals surface area contributed by atoms with E-state index in [0.29, 0.717) is 11.4 Å². The standard InChI is InChI=1S/C26H25N5O/c1-18-13-19-7-9-24(26(32)29-21-5-4-10-27-16-21)30-25(19)23(14-18)20-6-8-22(28-15-20)17-31-11-2-3-12-31/h4-10,13-16H,2-3,11-12,17H2,1H3,(H,29,32). The van der Waals surface area contributed by atoms with E-state index in [-0.39, 0.29) is 5.91 Å². The third-order valence-corrected chi connectivity index (χ3v) is 5.81. The number of carbonyl (C=O) groups excluding carboxylic acids is 1. The molecule has 1 saturated heterocycles. The van der Waals surface area contributed by atoms with Crippen LogP contribution in [0.4, 0.5) is 5.69 Å². The molecule has 160 valence electrons. The number of fused-ring (bicyclic) bond motifs is 1. The molecule has 1 N–H and O–H groups in total. The summed E-state index contributed by atoms with van der Waals surface area (Å²) >= 11 is 0. The van der Waals surface area contributed by atoms with Gasteiger partial charge in [-0.1, -0.05) is 12.1 Å². The summed E-state index contributed by atoms with van der Waals surface area (Å²) in [4.78, 5) is 28.7. The van der Waals surface area contributed by atoms with Crippen molar-refractivity contribution >= 4 is 22.5 Å². The van der Waals surface area contributed by atoms with Gasteiger partial charge in [0, 0.05) is 35.5 Å². The van der Waals surface area contributed by atoms with Gasteiger partial charge < -0.3 is 5.32 Å². The number of carbonyl (C=O) groups is 1. The van der Waals surface area contributed by atoms with Gasteiger partial charge in [0.15, 0.2) is 0 Å². The highest BCUT2D eigenvalue weighted by molar-refractivity contribution is 6.05. The Morgan fingerprint density at radius 3 is 2.69 bits per heavy atom. The van der Waals surface area contributed by atoms with E-state index >= 15 is 0 Å². The molecule has 1 fully saturated rings. The van der Waals surface area contributed by atoms with Crippen molar-refractivity contribution in [3.63, 3.8) is 0 Å². The minimum absolute atomic E-state index is 0.259. The number of anilines is 1. The van der Waals surface area contributed by atoms with Crippen LogP contribution >= 0.6 is 0 Å². The summed E-state index contributed by atoms with van der Waals surface area (Å²) in [5, 5.41) is 3.85. The third-order valence-electron chi connectivity index (χ3n) is 5.81. The van der Waals surface area contributed by atoms with Crippen LogP contribution in [0.2, 0.25) is 0 Å². The van der Waals surface area contributed by atoms with Crippen molar-refractivity contribution in [1.29, 1.82) is 0 Å². The molecule has 3 aromatic heterocycles. The van der Waals surface area contributed by atoms with Gasteiger partial charge >= 0.3 is 0 Å². The van der Waals surface area contributed by atoms with Crippen LogP contribution in [0.5, 0.6) is 0 Å². The molecule has 1 amide bonds. The number of pyridine rings is 3. The zero-order valence-electron chi connectivity index (χ0n) is 18.1. The maximum atomic E-state index is 12.8. The first-order chi connectivity index (χ1) is 15.7. The number of hydrogen-bond donors (Lipinski definition) is 1. The van der Waals surface area contributed by atoms with Gasteiger partial charge in [-0.15, -0.1) is 0 Å². The summed E-state index contributed by atoms with van der Waals surface area (Å²) in [5.74, 6) is -0.259. The third kappa shape index (κ3) is 4.36. The molecule has 0 unspecified atom stereocenters. The highest BCUT2D eigenvalue weighted by Crippen LogP contribution is 2.29. The lowest BCUT2D eigenvalue weighted by Crippen LogP contribution is -2.18. The highest BCUT2D eigenvalue weighted by Gasteiger charge is 2.15. The predicted octanol–water partition coefficient (Wildman–Crippen LogP) is 4.85. The number of hydrogen-bond acceptors (Lipinski definition) is 5. The first kappa shape index (κ1) is 20.3. The summed E-state index contributed by atoms with van der Waals surface area (Å²) in [6.45, 7) is 5.27. The van der Waals surface area contributed by atoms with Gasteiger partial charge in [-0.2, -0.15) is 0 Å². The molecule has 1 aliphatic rings. The summed E-state index contributed by atoms with van der Waals surface area (Å²) in [6.07, 6.45) is 7.75. The number of nitrogens with zero attached hydrogens (tertiary/aromatic N) is 4. The number of nitrogens with one attached hydrogen (secondary N) is 1. The Morgan fingerprint density at radius 2 is 1.94 bits per heavy atom. The summed E-state index contributed by atoms with van der Waals surface area (Å²) in [7, 11) is 0. The van der Waals surface area contributed by atoms with Crippen molar-refractivity contribution in [2.24, 2.45) is 0 Å². The van der Waals surface area contributed by atoms with E-state index in [4.69, 9.17) is 9.97 Å². The molecule has 0 aliphatic carbocycles. The molecule has 0 radical (unpaired) electrons. The normalized spacial score (nSPS) is 14.0. The zero-order valence-corrected chi connectivity index (χ0v) is 18.1. The van der Waals surface area contributed by atoms with Crippen LogP contribution < -0.4 is 5.32 Å². The lowest BCUT2D eigenvalue weighted by Gasteiger charge is -2.14. The van der Waals surface area contributed by atoms with Crippen molar-refractivity contribution in [1.82, 2.24) is 19.9 Å². The summed E-state index contributed by atoms with van der Waals surface area (Å²) in [5.41, 5.74) is 6.01. The smallest absolute Gasteiger partial charge is 0.274 e. The number of aromatic nitrogens is 3. The molecular weight excluding hydrogens is 398 g/mol. The van der Waals surface area contributed by atoms with Crippen LogP contribution in [0, 0.1) is 6.92 Å². The Kier molecular flexibility index (Phi) is 5.60. The summed E-state index contributed by atoms with van der Waals surface area (Å²) in [6, 6.07) is 15.7. The van der Waals surface area contributed by atoms with Crippen molar-refractivity contribution < 1.29 is 4.79 Å². The van der Waals surface area contributed by atoms with Crippen molar-refractivity contribution in [3.8, 4) is 11.1 Å². The number of benzene rings is 1. The number of likely N-dealkylation sites (tertiary alicyclic amines) is 1. The van der Waals surface area contributed by atoms with E-state index in [1.54, 1.807) is 30.6 Å². The lowest BCUT2D eigenvalue weighted by atomic mass is 10.00. The molecule has 4 heterocycles. The molecular formula is C26H25N5O. The van der Waals surface area contributed by atoms with E-state index in [0.717, 1.165) is 52.9 Å². The van der Waals surface area contributed by atoms with E-state index in [2.05, 4.69) is 46.4 Å². The first-order valence-electron chi connectivity index (χ1n) is 11.0. The zero-order chi connectivity index (χ0) is 21.9. The van der Waals surface area contributed by atoms with E-state index < -0.39 is 0 Å². The lowest BCUT2D eigenvalue weighted by molar-refractivity contribution is 0.102. The van der Waals surface area contributed by atoms with Gasteiger partial charge in [-0.05, 0) is 74.8 Å². The molecule has 0 atom stereocenters. The Balaban J connectivity index is 1.46. The van der Waals surface area contributed by atoms with Crippen LogP contribution in [0.15, 0.2) is 67.1 Å². The molecule has 0 saturated carbocycles. The van der Waals surface area contributed by atoms with E-state index in [9.17, 15) is 4.79 Å². The fourth-order valence-corrected chi connectivity index (χ4v) is 4.21. The van der Waals surface area contributed by atoms with Crippen molar-refractivity contribution in [3.05, 3.63) is 84.1 Å². The number of aryl methyl sites for hydroxylation is 1. The summed E-state index contributed by atoms with van der Waals surface area (Å²) < 4.78 is 0. The molecule has 1 aliphatic heterocycles. The van der Waals surface area contributed by atoms with E-state index in [1.807, 2.05) is 12.3 Å². The maximum absolute atomic E-state index is 12.8. The fraction of sp³-hybridized carbons (Fsp3) is 0.231. The Labute approximate surface area is 187 Å². The first-order valence-corrected chi connectivity index (χ1v) is 11.0. The molecule has 0 spiro atoms. The van der Waals surface area contributed by atoms with E-state index in [1.165, 1.54) is 12.8 Å². The van der Waals surface area contributed by atoms with Gasteiger partial charge in [0.1, 0.15) is 5.69 Å². The maximum Gasteiger partial charge on any atom is 0.274 e. The molecule has 6 heteroatoms. The van der Waals surface area contributed by atoms with Crippen molar-refractivity contribution in [2.45, 2.75) is 26.3 Å². The monoisotopic (exact) mass is 423 g/mol. The number of rotatable bonds is 5. The Hall–Kier alpha value is -3.64. The molecule has 0 bridgehead atoms. The average molecular weight is 424 g/mol. The van der Waals surface area contributed by atoms with Crippen molar-refractivity contribution in [2.75, 3.05) is 18.4 Å². The fourth-order valence-electron chi connectivity index (χ4n) is 4.21. The molecule has 4 aromatic rings. The minimum atomic E-state index is -0.259. The second-order valence-electron chi connectivity index (χ2n) is 8.30. The second kappa shape index (κ2) is 8.85. The SMILES string of the molecule is Cc1cc(-c2ccc(CN3CCCC3)nc2)c2nc(C(=O)Nc3cccnc3)ccc2c1. The van der Waals surface area contributed by atoms with Crippen LogP contribution in [0.25, 0.3) is 22.0 Å². The Morgan fingerprint density at radius 1 is 1.06 bits per heavy atom. The largest absolute Gasteiger partial charge is 0.319 e. The minimum Gasteiger partial charge on any atom is -0.319 e. The van der Waals surface area contributed by atoms with Gasteiger partial charge in [0.05, 0.1) is 23.1 Å². The van der Waals surface area contributed by atoms with Crippen LogP contribution in [-0.2, 0) is 6.54 Å². The number of amides is 1. The van der Waals surface area contributed by atoms with Crippen LogP contribution in [0.1, 0.15) is 34.6 Å². The predicted molar refractivity (Wildman–Crippen MR) is 126 cm³/mol. The Bertz CT molecular complexity index is 1250. The second-order valence-corrected chi connectivity index (χ2v) is 8.30.